The van der Waals surface area contributed by atoms with Crippen molar-refractivity contribution in [3.63, 3.8) is 0 Å². The summed E-state index contributed by atoms with van der Waals surface area (Å²) in [6.07, 6.45) is 0.518. The number of carboxylic acids is 1. The Morgan fingerprint density at radius 2 is 1.76 bits per heavy atom. The van der Waals surface area contributed by atoms with E-state index in [1.165, 1.54) is 0 Å². The van der Waals surface area contributed by atoms with E-state index < -0.39 is 5.97 Å². The topological polar surface area (TPSA) is 75.6 Å². The number of amides is 1. The van der Waals surface area contributed by atoms with Crippen molar-refractivity contribution < 1.29 is 19.4 Å². The van der Waals surface area contributed by atoms with Crippen LogP contribution in [-0.2, 0) is 16.0 Å². The molecule has 25 heavy (non-hydrogen) atoms. The molecule has 0 atom stereocenters. The summed E-state index contributed by atoms with van der Waals surface area (Å²) in [7, 11) is 0. The number of carboxylic acid groups (broad SMARTS) is 1. The molecule has 0 saturated carbocycles. The lowest BCUT2D eigenvalue weighted by Gasteiger charge is -2.09. The molecule has 2 aromatic rings. The number of rotatable bonds is 8. The lowest BCUT2D eigenvalue weighted by atomic mass is 10.1. The first-order valence-electron chi connectivity index (χ1n) is 7.95. The first-order valence-corrected chi connectivity index (χ1v) is 8.33. The molecule has 6 heteroatoms. The largest absolute Gasteiger partial charge is 0.481 e. The highest BCUT2D eigenvalue weighted by atomic mass is 35.5. The highest BCUT2D eigenvalue weighted by Gasteiger charge is 2.05. The molecule has 0 fully saturated rings. The van der Waals surface area contributed by atoms with Crippen LogP contribution in [0, 0.1) is 6.92 Å². The predicted molar refractivity (Wildman–Crippen MR) is 96.3 cm³/mol. The van der Waals surface area contributed by atoms with Gasteiger partial charge in [-0.3, -0.25) is 9.59 Å². The second kappa shape index (κ2) is 9.08. The number of nitrogens with one attached hydrogen (secondary N) is 1. The zero-order valence-corrected chi connectivity index (χ0v) is 14.7. The van der Waals surface area contributed by atoms with Gasteiger partial charge in [0.1, 0.15) is 11.5 Å². The average molecular weight is 362 g/mol. The van der Waals surface area contributed by atoms with Crippen LogP contribution < -0.4 is 10.1 Å². The fourth-order valence-electron chi connectivity index (χ4n) is 2.20. The number of hydrogen-bond acceptors (Lipinski definition) is 3. The number of carbonyl (C=O) groups excluding carboxylic acids is 1. The first-order chi connectivity index (χ1) is 11.9. The fraction of sp³-hybridized carbons (Fsp3) is 0.263. The molecule has 1 amide bonds. The average Bonchev–Trinajstić information content (AvgIpc) is 2.58. The highest BCUT2D eigenvalue weighted by molar-refractivity contribution is 6.31. The molecule has 2 N–H and O–H groups in total. The van der Waals surface area contributed by atoms with Gasteiger partial charge in [0, 0.05) is 18.0 Å². The maximum Gasteiger partial charge on any atom is 0.303 e. The van der Waals surface area contributed by atoms with Gasteiger partial charge in [0.15, 0.2) is 0 Å². The summed E-state index contributed by atoms with van der Waals surface area (Å²) in [5.74, 6) is 0.221. The van der Waals surface area contributed by atoms with E-state index in [0.717, 1.165) is 22.6 Å². The third-order valence-electron chi connectivity index (χ3n) is 3.59. The maximum absolute atomic E-state index is 11.4. The zero-order valence-electron chi connectivity index (χ0n) is 13.9. The summed E-state index contributed by atoms with van der Waals surface area (Å²) in [6, 6.07) is 13.1. The van der Waals surface area contributed by atoms with Crippen LogP contribution in [0.25, 0.3) is 0 Å². The van der Waals surface area contributed by atoms with Crippen molar-refractivity contribution in [1.82, 2.24) is 5.32 Å². The number of ether oxygens (including phenoxy) is 1. The Morgan fingerprint density at radius 1 is 1.08 bits per heavy atom. The first kappa shape index (κ1) is 18.8. The summed E-state index contributed by atoms with van der Waals surface area (Å²) < 4.78 is 5.78. The lowest BCUT2D eigenvalue weighted by Crippen LogP contribution is -2.25. The second-order valence-corrected chi connectivity index (χ2v) is 6.06. The molecule has 5 nitrogen and oxygen atoms in total. The summed E-state index contributed by atoms with van der Waals surface area (Å²) in [6.45, 7) is 2.39. The van der Waals surface area contributed by atoms with Gasteiger partial charge in [-0.2, -0.15) is 0 Å². The van der Waals surface area contributed by atoms with E-state index in [1.807, 2.05) is 43.3 Å². The van der Waals surface area contributed by atoms with E-state index in [4.69, 9.17) is 21.4 Å². The number of halogens is 1. The minimum atomic E-state index is -0.971. The van der Waals surface area contributed by atoms with Crippen LogP contribution in [0.3, 0.4) is 0 Å². The van der Waals surface area contributed by atoms with Crippen molar-refractivity contribution in [3.05, 3.63) is 58.6 Å². The predicted octanol–water partition coefficient (Wildman–Crippen LogP) is 3.96. The van der Waals surface area contributed by atoms with E-state index in [9.17, 15) is 9.59 Å². The minimum Gasteiger partial charge on any atom is -0.481 e. The van der Waals surface area contributed by atoms with Crippen LogP contribution in [-0.4, -0.2) is 23.5 Å². The van der Waals surface area contributed by atoms with E-state index in [1.54, 1.807) is 6.07 Å². The molecule has 132 valence electrons. The van der Waals surface area contributed by atoms with Crippen LogP contribution in [0.2, 0.25) is 5.02 Å². The lowest BCUT2D eigenvalue weighted by molar-refractivity contribution is -0.138. The van der Waals surface area contributed by atoms with Crippen LogP contribution >= 0.6 is 11.6 Å². The van der Waals surface area contributed by atoms with Gasteiger partial charge in [0.05, 0.1) is 6.42 Å². The minimum absolute atomic E-state index is 0.00260. The Labute approximate surface area is 151 Å². The van der Waals surface area contributed by atoms with Crippen molar-refractivity contribution in [2.45, 2.75) is 26.2 Å². The van der Waals surface area contributed by atoms with Gasteiger partial charge < -0.3 is 15.2 Å². The molecule has 0 saturated heterocycles. The van der Waals surface area contributed by atoms with E-state index >= 15 is 0 Å². The van der Waals surface area contributed by atoms with Crippen LogP contribution in [0.4, 0.5) is 0 Å². The van der Waals surface area contributed by atoms with Gasteiger partial charge in [-0.25, -0.2) is 0 Å². The van der Waals surface area contributed by atoms with Crippen LogP contribution in [0.1, 0.15) is 24.0 Å². The van der Waals surface area contributed by atoms with Crippen molar-refractivity contribution in [3.8, 4) is 11.5 Å². The molecule has 0 radical (unpaired) electrons. The molecule has 0 aliphatic rings. The molecule has 2 aromatic carbocycles. The monoisotopic (exact) mass is 361 g/mol. The van der Waals surface area contributed by atoms with Gasteiger partial charge in [0.25, 0.3) is 0 Å². The van der Waals surface area contributed by atoms with Crippen molar-refractivity contribution >= 4 is 23.5 Å². The van der Waals surface area contributed by atoms with Crippen molar-refractivity contribution in [2.75, 3.05) is 6.54 Å². The Balaban J connectivity index is 1.80. The molecule has 2 rings (SSSR count). The standard InChI is InChI=1S/C19H20ClNO4/c1-13-12-16(6-7-17(13)20)25-15-4-2-14(3-5-15)10-11-21-18(22)8-9-19(23)24/h2-7,12H,8-11H2,1H3,(H,21,22)(H,23,24). The quantitative estimate of drug-likeness (QED) is 0.746. The summed E-state index contributed by atoms with van der Waals surface area (Å²) in [5.41, 5.74) is 2.01. The molecule has 0 heterocycles. The number of aliphatic carboxylic acids is 1. The molecular formula is C19H20ClNO4. The summed E-state index contributed by atoms with van der Waals surface area (Å²) >= 11 is 6.00. The Hall–Kier alpha value is -2.53. The fourth-order valence-corrected chi connectivity index (χ4v) is 2.31. The Kier molecular flexibility index (Phi) is 6.83. The Bertz CT molecular complexity index is 744. The van der Waals surface area contributed by atoms with Gasteiger partial charge in [-0.1, -0.05) is 23.7 Å². The third-order valence-corrected chi connectivity index (χ3v) is 4.01. The molecular weight excluding hydrogens is 342 g/mol. The summed E-state index contributed by atoms with van der Waals surface area (Å²) in [4.78, 5) is 21.8. The van der Waals surface area contributed by atoms with E-state index in [0.29, 0.717) is 18.0 Å². The van der Waals surface area contributed by atoms with Gasteiger partial charge in [0.2, 0.25) is 5.91 Å². The number of hydrogen-bond donors (Lipinski definition) is 2. The number of benzene rings is 2. The molecule has 0 unspecified atom stereocenters. The molecule has 0 spiro atoms. The maximum atomic E-state index is 11.4. The number of carbonyl (C=O) groups is 2. The van der Waals surface area contributed by atoms with Crippen molar-refractivity contribution in [2.24, 2.45) is 0 Å². The molecule has 0 aromatic heterocycles. The van der Waals surface area contributed by atoms with Gasteiger partial charge in [-0.15, -0.1) is 0 Å². The number of aryl methyl sites for hydroxylation is 1. The normalized spacial score (nSPS) is 10.3. The third kappa shape index (κ3) is 6.47. The molecule has 0 bridgehead atoms. The molecule has 0 aliphatic heterocycles. The SMILES string of the molecule is Cc1cc(Oc2ccc(CCNC(=O)CCC(=O)O)cc2)ccc1Cl. The van der Waals surface area contributed by atoms with Crippen molar-refractivity contribution in [1.29, 1.82) is 0 Å². The zero-order chi connectivity index (χ0) is 18.2. The van der Waals surface area contributed by atoms with Gasteiger partial charge in [-0.05, 0) is 54.8 Å². The van der Waals surface area contributed by atoms with E-state index in [-0.39, 0.29) is 18.7 Å². The molecule has 0 aliphatic carbocycles. The van der Waals surface area contributed by atoms with Crippen LogP contribution in [0.15, 0.2) is 42.5 Å². The van der Waals surface area contributed by atoms with Gasteiger partial charge >= 0.3 is 5.97 Å². The van der Waals surface area contributed by atoms with Crippen LogP contribution in [0.5, 0.6) is 11.5 Å². The smallest absolute Gasteiger partial charge is 0.303 e. The Morgan fingerprint density at radius 3 is 2.40 bits per heavy atom. The second-order valence-electron chi connectivity index (χ2n) is 5.65. The van der Waals surface area contributed by atoms with E-state index in [2.05, 4.69) is 5.32 Å². The summed E-state index contributed by atoms with van der Waals surface area (Å²) in [5, 5.41) is 11.9. The highest BCUT2D eigenvalue weighted by Crippen LogP contribution is 2.26.